The summed E-state index contributed by atoms with van der Waals surface area (Å²) in [5, 5.41) is 2.30. The Morgan fingerprint density at radius 2 is 1.45 bits per heavy atom. The van der Waals surface area contributed by atoms with Crippen molar-refractivity contribution in [2.24, 2.45) is 0 Å². The molecule has 5 nitrogen and oxygen atoms in total. The van der Waals surface area contributed by atoms with E-state index in [-0.39, 0.29) is 30.5 Å². The molecule has 8 heteroatoms. The number of nitrogens with one attached hydrogen (secondary N) is 1. The predicted molar refractivity (Wildman–Crippen MR) is 100 cm³/mol. The average molecular weight is 404 g/mol. The van der Waals surface area contributed by atoms with Gasteiger partial charge in [-0.25, -0.2) is 0 Å². The van der Waals surface area contributed by atoms with Crippen LogP contribution in [0.3, 0.4) is 0 Å². The van der Waals surface area contributed by atoms with Crippen molar-refractivity contribution < 1.29 is 27.6 Å². The van der Waals surface area contributed by atoms with Gasteiger partial charge in [0.15, 0.2) is 0 Å². The van der Waals surface area contributed by atoms with E-state index in [0.717, 1.165) is 6.07 Å². The van der Waals surface area contributed by atoms with Gasteiger partial charge in [0.05, 0.1) is 22.4 Å². The van der Waals surface area contributed by atoms with Crippen LogP contribution >= 0.6 is 0 Å². The summed E-state index contributed by atoms with van der Waals surface area (Å²) in [7, 11) is 0. The van der Waals surface area contributed by atoms with Gasteiger partial charge in [-0.05, 0) is 37.1 Å². The third-order valence-electron chi connectivity index (χ3n) is 4.67. The molecule has 152 valence electrons. The maximum absolute atomic E-state index is 12.9. The predicted octanol–water partition coefficient (Wildman–Crippen LogP) is 4.50. The zero-order valence-corrected chi connectivity index (χ0v) is 15.5. The van der Waals surface area contributed by atoms with E-state index < -0.39 is 17.6 Å². The van der Waals surface area contributed by atoms with Crippen molar-refractivity contribution in [1.82, 2.24) is 4.90 Å². The lowest BCUT2D eigenvalue weighted by Gasteiger charge is -2.14. The third-order valence-corrected chi connectivity index (χ3v) is 4.67. The molecule has 0 aliphatic carbocycles. The Morgan fingerprint density at radius 1 is 0.862 bits per heavy atom. The van der Waals surface area contributed by atoms with Crippen LogP contribution in [-0.4, -0.2) is 29.2 Å². The number of rotatable bonds is 7. The Balaban J connectivity index is 1.44. The Kier molecular flexibility index (Phi) is 6.00. The Labute approximate surface area is 165 Å². The fraction of sp³-hybridized carbons (Fsp3) is 0.286. The second-order valence-corrected chi connectivity index (χ2v) is 6.71. The molecule has 0 fully saturated rings. The van der Waals surface area contributed by atoms with Crippen molar-refractivity contribution in [2.75, 3.05) is 11.9 Å². The highest BCUT2D eigenvalue weighted by Gasteiger charge is 2.35. The van der Waals surface area contributed by atoms with Crippen LogP contribution in [0.25, 0.3) is 0 Å². The summed E-state index contributed by atoms with van der Waals surface area (Å²) >= 11 is 0. The minimum Gasteiger partial charge on any atom is -0.326 e. The summed E-state index contributed by atoms with van der Waals surface area (Å²) in [5.41, 5.74) is -0.379. The van der Waals surface area contributed by atoms with Gasteiger partial charge < -0.3 is 5.32 Å². The molecule has 0 atom stereocenters. The summed E-state index contributed by atoms with van der Waals surface area (Å²) in [5.74, 6) is -1.17. The highest BCUT2D eigenvalue weighted by atomic mass is 19.4. The minimum absolute atomic E-state index is 0.0499. The van der Waals surface area contributed by atoms with Crippen LogP contribution in [0.4, 0.5) is 18.9 Å². The quantitative estimate of drug-likeness (QED) is 0.546. The smallest absolute Gasteiger partial charge is 0.326 e. The Bertz CT molecular complexity index is 906. The molecule has 2 aromatic rings. The number of imide groups is 1. The standard InChI is InChI=1S/C21H19F3N2O3/c22-21(23,24)16-10-5-6-11-17(16)25-18(27)12-2-1-7-13-26-19(28)14-8-3-4-9-15(14)20(26)29/h3-6,8-11H,1-2,7,12-13H2,(H,25,27). The lowest BCUT2D eigenvalue weighted by molar-refractivity contribution is -0.137. The number of carbonyl (C=O) groups is 3. The van der Waals surface area contributed by atoms with Gasteiger partial charge in [0.2, 0.25) is 5.91 Å². The molecule has 0 bridgehead atoms. The first-order valence-corrected chi connectivity index (χ1v) is 9.20. The van der Waals surface area contributed by atoms with Gasteiger partial charge in [-0.15, -0.1) is 0 Å². The minimum atomic E-state index is -4.55. The molecule has 1 heterocycles. The summed E-state index contributed by atoms with van der Waals surface area (Å²) in [6.45, 7) is 0.241. The normalized spacial score (nSPS) is 13.6. The zero-order valence-electron chi connectivity index (χ0n) is 15.5. The second-order valence-electron chi connectivity index (χ2n) is 6.71. The molecule has 3 amide bonds. The van der Waals surface area contributed by atoms with E-state index in [1.54, 1.807) is 24.3 Å². The number of amides is 3. The number of benzene rings is 2. The van der Waals surface area contributed by atoms with Crippen LogP contribution in [0.1, 0.15) is 52.0 Å². The van der Waals surface area contributed by atoms with Gasteiger partial charge >= 0.3 is 6.18 Å². The molecule has 1 aliphatic heterocycles. The first-order chi connectivity index (χ1) is 13.8. The van der Waals surface area contributed by atoms with Gasteiger partial charge in [0.25, 0.3) is 11.8 Å². The second kappa shape index (κ2) is 8.46. The third kappa shape index (κ3) is 4.64. The van der Waals surface area contributed by atoms with E-state index in [2.05, 4.69) is 5.32 Å². The van der Waals surface area contributed by atoms with Crippen LogP contribution in [0.2, 0.25) is 0 Å². The molecule has 3 rings (SSSR count). The molecular weight excluding hydrogens is 385 g/mol. The van der Waals surface area contributed by atoms with Gasteiger partial charge in [-0.2, -0.15) is 13.2 Å². The van der Waals surface area contributed by atoms with E-state index in [0.29, 0.717) is 30.4 Å². The maximum atomic E-state index is 12.9. The van der Waals surface area contributed by atoms with Crippen LogP contribution in [-0.2, 0) is 11.0 Å². The van der Waals surface area contributed by atoms with Gasteiger partial charge in [-0.1, -0.05) is 30.7 Å². The molecule has 0 spiro atoms. The number of alkyl halides is 3. The number of unbranched alkanes of at least 4 members (excludes halogenated alkanes) is 2. The molecule has 0 unspecified atom stereocenters. The Hall–Kier alpha value is -3.16. The van der Waals surface area contributed by atoms with Crippen molar-refractivity contribution in [3.63, 3.8) is 0 Å². The fourth-order valence-corrected chi connectivity index (χ4v) is 3.23. The number of fused-ring (bicyclic) bond motifs is 1. The maximum Gasteiger partial charge on any atom is 0.418 e. The molecule has 2 aromatic carbocycles. The lowest BCUT2D eigenvalue weighted by Crippen LogP contribution is -2.30. The first-order valence-electron chi connectivity index (χ1n) is 9.20. The molecular formula is C21H19F3N2O3. The van der Waals surface area contributed by atoms with Gasteiger partial charge in [0.1, 0.15) is 0 Å². The van der Waals surface area contributed by atoms with E-state index in [1.807, 2.05) is 0 Å². The molecule has 1 N–H and O–H groups in total. The summed E-state index contributed by atoms with van der Waals surface area (Å²) in [4.78, 5) is 37.6. The van der Waals surface area contributed by atoms with Crippen molar-refractivity contribution in [2.45, 2.75) is 31.9 Å². The lowest BCUT2D eigenvalue weighted by atomic mass is 10.1. The molecule has 0 aromatic heterocycles. The number of hydrogen-bond acceptors (Lipinski definition) is 3. The summed E-state index contributed by atoms with van der Waals surface area (Å²) < 4.78 is 38.8. The highest BCUT2D eigenvalue weighted by Crippen LogP contribution is 2.34. The summed E-state index contributed by atoms with van der Waals surface area (Å²) in [6.07, 6.45) is -2.99. The first kappa shape index (κ1) is 20.6. The zero-order chi connectivity index (χ0) is 21.0. The van der Waals surface area contributed by atoms with Crippen molar-refractivity contribution in [1.29, 1.82) is 0 Å². The largest absolute Gasteiger partial charge is 0.418 e. The number of hydrogen-bond donors (Lipinski definition) is 1. The fourth-order valence-electron chi connectivity index (χ4n) is 3.23. The van der Waals surface area contributed by atoms with Crippen molar-refractivity contribution >= 4 is 23.4 Å². The van der Waals surface area contributed by atoms with Crippen LogP contribution in [0, 0.1) is 0 Å². The van der Waals surface area contributed by atoms with E-state index in [1.165, 1.54) is 23.1 Å². The van der Waals surface area contributed by atoms with E-state index in [9.17, 15) is 27.6 Å². The van der Waals surface area contributed by atoms with E-state index in [4.69, 9.17) is 0 Å². The average Bonchev–Trinajstić information content (AvgIpc) is 2.92. The van der Waals surface area contributed by atoms with Gasteiger partial charge in [-0.3, -0.25) is 19.3 Å². The highest BCUT2D eigenvalue weighted by molar-refractivity contribution is 6.21. The molecule has 0 radical (unpaired) electrons. The van der Waals surface area contributed by atoms with E-state index >= 15 is 0 Å². The summed E-state index contributed by atoms with van der Waals surface area (Å²) in [6, 6.07) is 11.4. The molecule has 0 saturated carbocycles. The van der Waals surface area contributed by atoms with Crippen LogP contribution in [0.15, 0.2) is 48.5 Å². The number of carbonyl (C=O) groups excluding carboxylic acids is 3. The van der Waals surface area contributed by atoms with Gasteiger partial charge in [0, 0.05) is 13.0 Å². The van der Waals surface area contributed by atoms with Crippen LogP contribution in [0.5, 0.6) is 0 Å². The Morgan fingerprint density at radius 3 is 2.07 bits per heavy atom. The van der Waals surface area contributed by atoms with Crippen molar-refractivity contribution in [3.05, 3.63) is 65.2 Å². The molecule has 29 heavy (non-hydrogen) atoms. The van der Waals surface area contributed by atoms with Crippen LogP contribution < -0.4 is 5.32 Å². The molecule has 1 aliphatic rings. The number of nitrogens with zero attached hydrogens (tertiary/aromatic N) is 1. The topological polar surface area (TPSA) is 66.5 Å². The SMILES string of the molecule is O=C(CCCCCN1C(=O)c2ccccc2C1=O)Nc1ccccc1C(F)(F)F. The number of para-hydroxylation sites is 1. The number of halogens is 3. The molecule has 0 saturated heterocycles. The monoisotopic (exact) mass is 404 g/mol. The van der Waals surface area contributed by atoms with Crippen molar-refractivity contribution in [3.8, 4) is 0 Å². The number of anilines is 1.